The number of hydrogen-bond donors (Lipinski definition) is 2. The van der Waals surface area contributed by atoms with E-state index < -0.39 is 17.3 Å². The molecule has 3 aliphatic rings. The van der Waals surface area contributed by atoms with Gasteiger partial charge in [-0.1, -0.05) is 12.6 Å². The van der Waals surface area contributed by atoms with Crippen molar-refractivity contribution in [3.63, 3.8) is 0 Å². The fourth-order valence-corrected chi connectivity index (χ4v) is 7.14. The van der Waals surface area contributed by atoms with Crippen LogP contribution in [0.4, 0.5) is 18.9 Å². The van der Waals surface area contributed by atoms with E-state index in [-0.39, 0.29) is 18.4 Å². The second-order valence-electron chi connectivity index (χ2n) is 12.1. The van der Waals surface area contributed by atoms with Gasteiger partial charge in [-0.15, -0.1) is 0 Å². The fourth-order valence-electron chi connectivity index (χ4n) is 7.14. The molecule has 2 atom stereocenters. The number of pyridine rings is 1. The van der Waals surface area contributed by atoms with Crippen LogP contribution in [-0.4, -0.2) is 67.0 Å². The van der Waals surface area contributed by atoms with E-state index in [1.54, 1.807) is 30.7 Å². The zero-order valence-corrected chi connectivity index (χ0v) is 24.5. The van der Waals surface area contributed by atoms with Crippen molar-refractivity contribution in [3.05, 3.63) is 84.6 Å². The van der Waals surface area contributed by atoms with Gasteiger partial charge in [0.05, 0.1) is 11.3 Å². The number of likely N-dealkylation sites (tertiary alicyclic amines) is 2. The molecule has 0 bridgehead atoms. The van der Waals surface area contributed by atoms with E-state index >= 15 is 0 Å². The molecule has 0 radical (unpaired) electrons. The van der Waals surface area contributed by atoms with Gasteiger partial charge in [0.1, 0.15) is 5.60 Å². The first-order valence-electron chi connectivity index (χ1n) is 15.2. The lowest BCUT2D eigenvalue weighted by atomic mass is 9.79. The van der Waals surface area contributed by atoms with Gasteiger partial charge in [-0.3, -0.25) is 14.7 Å². The van der Waals surface area contributed by atoms with Gasteiger partial charge in [-0.25, -0.2) is 9.97 Å². The normalized spacial score (nSPS) is 25.5. The molecule has 1 amide bonds. The highest BCUT2D eigenvalue weighted by molar-refractivity contribution is 5.77. The summed E-state index contributed by atoms with van der Waals surface area (Å²) in [5.41, 5.74) is 0.608. The molecule has 44 heavy (non-hydrogen) atoms. The molecule has 11 heteroatoms. The van der Waals surface area contributed by atoms with E-state index in [0.29, 0.717) is 60.8 Å². The largest absolute Gasteiger partial charge is 0.416 e. The Morgan fingerprint density at radius 3 is 2.43 bits per heavy atom. The molecule has 2 saturated heterocycles. The summed E-state index contributed by atoms with van der Waals surface area (Å²) in [5.74, 6) is 0.659. The number of hydrogen-bond acceptors (Lipinski definition) is 7. The third-order valence-electron chi connectivity index (χ3n) is 9.41. The van der Waals surface area contributed by atoms with Crippen molar-refractivity contribution in [2.24, 2.45) is 0 Å². The van der Waals surface area contributed by atoms with Gasteiger partial charge >= 0.3 is 6.18 Å². The minimum atomic E-state index is -4.42. The maximum atomic E-state index is 13.2. The summed E-state index contributed by atoms with van der Waals surface area (Å²) in [6.07, 6.45) is 6.11. The summed E-state index contributed by atoms with van der Waals surface area (Å²) < 4.78 is 39.1. The number of rotatable bonds is 8. The lowest BCUT2D eigenvalue weighted by Gasteiger charge is -2.41. The number of allylic oxidation sites excluding steroid dienone is 1. The minimum Gasteiger partial charge on any atom is -0.384 e. The number of anilines is 1. The molecule has 1 saturated carbocycles. The van der Waals surface area contributed by atoms with Crippen LogP contribution in [0.15, 0.2) is 73.3 Å². The van der Waals surface area contributed by atoms with Crippen LogP contribution in [0, 0.1) is 0 Å². The van der Waals surface area contributed by atoms with Crippen LogP contribution in [0.1, 0.15) is 62.6 Å². The lowest BCUT2D eigenvalue weighted by Crippen LogP contribution is -2.46. The van der Waals surface area contributed by atoms with Gasteiger partial charge in [0.2, 0.25) is 5.91 Å². The van der Waals surface area contributed by atoms with Gasteiger partial charge in [0.25, 0.3) is 0 Å². The number of amides is 1. The van der Waals surface area contributed by atoms with Crippen molar-refractivity contribution in [2.45, 2.75) is 81.3 Å². The average molecular weight is 607 g/mol. The van der Waals surface area contributed by atoms with Crippen molar-refractivity contribution < 1.29 is 23.1 Å². The molecule has 1 aromatic carbocycles. The molecule has 2 N–H and O–H groups in total. The number of aliphatic hydroxyl groups is 1. The van der Waals surface area contributed by atoms with Crippen molar-refractivity contribution in [1.29, 1.82) is 0 Å². The van der Waals surface area contributed by atoms with Crippen LogP contribution in [0.25, 0.3) is 11.4 Å². The Balaban J connectivity index is 0.990. The number of nitrogens with zero attached hydrogens (tertiary/aromatic N) is 5. The zero-order chi connectivity index (χ0) is 30.9. The summed E-state index contributed by atoms with van der Waals surface area (Å²) in [6, 6.07) is 11.4. The topological polar surface area (TPSA) is 94.5 Å². The van der Waals surface area contributed by atoms with Crippen LogP contribution in [0.2, 0.25) is 0 Å². The molecule has 0 spiro atoms. The van der Waals surface area contributed by atoms with Crippen molar-refractivity contribution in [2.75, 3.05) is 18.4 Å². The molecule has 4 heterocycles. The number of aromatic nitrogens is 3. The second-order valence-corrected chi connectivity index (χ2v) is 12.1. The number of carbonyl (C=O) groups excluding carboxylic acids is 1. The van der Waals surface area contributed by atoms with Crippen LogP contribution in [0.3, 0.4) is 0 Å². The summed E-state index contributed by atoms with van der Waals surface area (Å²) >= 11 is 0. The van der Waals surface area contributed by atoms with E-state index in [1.165, 1.54) is 6.07 Å². The van der Waals surface area contributed by atoms with Crippen LogP contribution in [0.5, 0.6) is 0 Å². The van der Waals surface area contributed by atoms with Crippen molar-refractivity contribution in [1.82, 2.24) is 24.8 Å². The highest BCUT2D eigenvalue weighted by Crippen LogP contribution is 2.42. The molecule has 3 fully saturated rings. The predicted molar refractivity (Wildman–Crippen MR) is 160 cm³/mol. The van der Waals surface area contributed by atoms with Crippen LogP contribution < -0.4 is 5.32 Å². The van der Waals surface area contributed by atoms with Gasteiger partial charge in [-0.05, 0) is 81.3 Å². The lowest BCUT2D eigenvalue weighted by molar-refractivity contribution is -0.137. The Morgan fingerprint density at radius 2 is 1.73 bits per heavy atom. The van der Waals surface area contributed by atoms with Crippen LogP contribution >= 0.6 is 0 Å². The number of carbonyl (C=O) groups is 1. The van der Waals surface area contributed by atoms with Gasteiger partial charge in [-0.2, -0.15) is 13.2 Å². The third-order valence-corrected chi connectivity index (χ3v) is 9.41. The Kier molecular flexibility index (Phi) is 8.43. The first-order valence-corrected chi connectivity index (χ1v) is 15.2. The maximum absolute atomic E-state index is 13.2. The molecule has 8 nitrogen and oxygen atoms in total. The number of fused-ring (bicyclic) bond motifs is 1. The first kappa shape index (κ1) is 30.2. The molecule has 3 aromatic rings. The number of halogens is 3. The molecule has 2 unspecified atom stereocenters. The number of alkyl halides is 3. The van der Waals surface area contributed by atoms with E-state index in [1.807, 2.05) is 17.0 Å². The molecular formula is C33H37F3N6O2. The monoisotopic (exact) mass is 606 g/mol. The summed E-state index contributed by atoms with van der Waals surface area (Å²) in [4.78, 5) is 30.9. The average Bonchev–Trinajstić information content (AvgIpc) is 3.64. The van der Waals surface area contributed by atoms with E-state index in [9.17, 15) is 23.1 Å². The summed E-state index contributed by atoms with van der Waals surface area (Å²) in [5, 5.41) is 14.4. The van der Waals surface area contributed by atoms with Crippen LogP contribution in [-0.2, 0) is 16.6 Å². The summed E-state index contributed by atoms with van der Waals surface area (Å²) in [6.45, 7) is 5.56. The van der Waals surface area contributed by atoms with E-state index in [2.05, 4.69) is 31.7 Å². The third kappa shape index (κ3) is 6.34. The Bertz CT molecular complexity index is 1470. The molecule has 2 aliphatic heterocycles. The summed E-state index contributed by atoms with van der Waals surface area (Å²) in [7, 11) is 0. The van der Waals surface area contributed by atoms with Gasteiger partial charge < -0.3 is 15.3 Å². The van der Waals surface area contributed by atoms with E-state index in [0.717, 1.165) is 49.9 Å². The number of benzene rings is 1. The Morgan fingerprint density at radius 1 is 0.977 bits per heavy atom. The number of nitrogens with one attached hydrogen (secondary N) is 1. The standard InChI is InChI=1S/C33H37F3N6O2/c1-22(40-25-5-2-4-24(20-25)33(34,35)36)6-9-30(43)42-19-13-27-28(42)12-18-41(27)26-10-14-32(44,15-11-26)29-8-7-23(21-39-29)31-37-16-3-17-38-31/h2-5,7-8,16-17,20-21,26-28,40,44H,1,6,9-15,18-19H2. The Hall–Kier alpha value is -3.83. The first-order chi connectivity index (χ1) is 21.1. The van der Waals surface area contributed by atoms with Crippen molar-refractivity contribution in [3.8, 4) is 11.4 Å². The molecule has 1 aliphatic carbocycles. The Labute approximate surface area is 255 Å². The highest BCUT2D eigenvalue weighted by Gasteiger charge is 2.48. The quantitative estimate of drug-likeness (QED) is 0.336. The predicted octanol–water partition coefficient (Wildman–Crippen LogP) is 5.77. The molecular weight excluding hydrogens is 569 g/mol. The SMILES string of the molecule is C=C(CCC(=O)N1CCC2C1CCN2C1CCC(O)(c2ccc(-c3ncccn3)cn2)CC1)Nc1cccc(C(F)(F)F)c1. The maximum Gasteiger partial charge on any atom is 0.416 e. The van der Waals surface area contributed by atoms with E-state index in [4.69, 9.17) is 0 Å². The van der Waals surface area contributed by atoms with Crippen molar-refractivity contribution >= 4 is 11.6 Å². The molecule has 6 rings (SSSR count). The smallest absolute Gasteiger partial charge is 0.384 e. The van der Waals surface area contributed by atoms with Gasteiger partial charge in [0.15, 0.2) is 5.82 Å². The molecule has 2 aromatic heterocycles. The highest BCUT2D eigenvalue weighted by atomic mass is 19.4. The second kappa shape index (κ2) is 12.3. The fraction of sp³-hybridized carbons (Fsp3) is 0.455. The molecule has 232 valence electrons. The minimum absolute atomic E-state index is 0.0554. The zero-order valence-electron chi connectivity index (χ0n) is 24.5. The van der Waals surface area contributed by atoms with Gasteiger partial charge in [0, 0.05) is 73.2 Å².